The average molecular weight is 384 g/mol. The second-order valence-corrected chi connectivity index (χ2v) is 7.16. The Labute approximate surface area is 154 Å². The van der Waals surface area contributed by atoms with Crippen LogP contribution < -0.4 is 11.1 Å². The van der Waals surface area contributed by atoms with Crippen molar-refractivity contribution in [2.45, 2.75) is 19.9 Å². The summed E-state index contributed by atoms with van der Waals surface area (Å²) in [7, 11) is 1.69. The first kappa shape index (κ1) is 19.4. The molecule has 0 aliphatic rings. The van der Waals surface area contributed by atoms with Gasteiger partial charge in [-0.1, -0.05) is 11.6 Å². The van der Waals surface area contributed by atoms with E-state index in [1.165, 1.54) is 23.5 Å². The second-order valence-electron chi connectivity index (χ2n) is 5.70. The molecule has 0 bridgehead atoms. The minimum absolute atomic E-state index is 0.0265. The maximum atomic E-state index is 13.1. The zero-order chi connectivity index (χ0) is 18.7. The fourth-order valence-electron chi connectivity index (χ4n) is 2.13. The molecule has 0 aliphatic carbocycles. The summed E-state index contributed by atoms with van der Waals surface area (Å²) >= 11 is 7.07. The number of anilines is 1. The van der Waals surface area contributed by atoms with Gasteiger partial charge in [0, 0.05) is 19.6 Å². The molecule has 25 heavy (non-hydrogen) atoms. The lowest BCUT2D eigenvalue weighted by atomic mass is 10.2. The minimum Gasteiger partial charge on any atom is -0.337 e. The molecule has 1 heterocycles. The molecule has 3 N–H and O–H groups in total. The van der Waals surface area contributed by atoms with Crippen LogP contribution in [-0.4, -0.2) is 36.3 Å². The summed E-state index contributed by atoms with van der Waals surface area (Å²) in [5, 5.41) is 3.23. The Morgan fingerprint density at radius 2 is 2.08 bits per heavy atom. The van der Waals surface area contributed by atoms with Crippen molar-refractivity contribution in [2.24, 2.45) is 5.73 Å². The topological polar surface area (TPSA) is 75.4 Å². The van der Waals surface area contributed by atoms with E-state index in [2.05, 4.69) is 5.32 Å². The van der Waals surface area contributed by atoms with Crippen LogP contribution >= 0.6 is 22.9 Å². The fraction of sp³-hybridized carbons (Fsp3) is 0.294. The Hall–Kier alpha value is -1.96. The van der Waals surface area contributed by atoms with Gasteiger partial charge >= 0.3 is 0 Å². The number of hydrogen-bond acceptors (Lipinski definition) is 4. The van der Waals surface area contributed by atoms with Crippen LogP contribution in [0.15, 0.2) is 24.3 Å². The number of hydrogen-bond donors (Lipinski definition) is 2. The van der Waals surface area contributed by atoms with Gasteiger partial charge in [0.2, 0.25) is 0 Å². The summed E-state index contributed by atoms with van der Waals surface area (Å²) in [4.78, 5) is 26.9. The Balaban J connectivity index is 2.19. The molecule has 134 valence electrons. The molecule has 0 aliphatic heterocycles. The Bertz CT molecular complexity index is 809. The van der Waals surface area contributed by atoms with Crippen LogP contribution in [0.4, 0.5) is 9.39 Å². The normalized spacial score (nSPS) is 11.9. The third kappa shape index (κ3) is 4.36. The van der Waals surface area contributed by atoms with Gasteiger partial charge in [-0.3, -0.25) is 9.59 Å². The first-order valence-corrected chi connectivity index (χ1v) is 8.78. The Kier molecular flexibility index (Phi) is 6.16. The largest absolute Gasteiger partial charge is 0.337 e. The van der Waals surface area contributed by atoms with Gasteiger partial charge in [0.15, 0.2) is 0 Å². The van der Waals surface area contributed by atoms with Crippen molar-refractivity contribution in [3.8, 4) is 0 Å². The molecular formula is C17H19ClFN3O2S. The van der Waals surface area contributed by atoms with E-state index in [0.29, 0.717) is 16.4 Å². The van der Waals surface area contributed by atoms with E-state index in [0.717, 1.165) is 11.6 Å². The standard InChI is InChI=1S/C17H19ClFN3O2S/c1-9-6-14(25-15(9)17(24)22(3)10(2)8-20)21-16(23)12-5-4-11(19)7-13(12)18/h4-7,10H,8,20H2,1-3H3,(H,21,23). The molecule has 0 spiro atoms. The first-order chi connectivity index (χ1) is 11.7. The Morgan fingerprint density at radius 1 is 1.40 bits per heavy atom. The summed E-state index contributed by atoms with van der Waals surface area (Å²) in [6.07, 6.45) is 0. The number of amides is 2. The summed E-state index contributed by atoms with van der Waals surface area (Å²) in [5.41, 5.74) is 6.52. The van der Waals surface area contributed by atoms with E-state index in [4.69, 9.17) is 17.3 Å². The summed E-state index contributed by atoms with van der Waals surface area (Å²) in [6.45, 7) is 4.02. The number of likely N-dealkylation sites (N-methyl/N-ethyl adjacent to an activating group) is 1. The lowest BCUT2D eigenvalue weighted by Crippen LogP contribution is -2.39. The number of thiophene rings is 1. The first-order valence-electron chi connectivity index (χ1n) is 7.58. The zero-order valence-electron chi connectivity index (χ0n) is 14.1. The minimum atomic E-state index is -0.515. The van der Waals surface area contributed by atoms with Crippen LogP contribution in [0, 0.1) is 12.7 Å². The number of halogens is 2. The number of benzene rings is 1. The molecule has 1 unspecified atom stereocenters. The number of nitrogens with one attached hydrogen (secondary N) is 1. The highest BCUT2D eigenvalue weighted by molar-refractivity contribution is 7.18. The highest BCUT2D eigenvalue weighted by atomic mass is 35.5. The average Bonchev–Trinajstić information content (AvgIpc) is 2.92. The van der Waals surface area contributed by atoms with E-state index < -0.39 is 11.7 Å². The van der Waals surface area contributed by atoms with Crippen LogP contribution in [0.25, 0.3) is 0 Å². The number of nitrogens with two attached hydrogens (primary N) is 1. The predicted molar refractivity (Wildman–Crippen MR) is 99.0 cm³/mol. The molecule has 0 saturated heterocycles. The third-order valence-electron chi connectivity index (χ3n) is 3.85. The highest BCUT2D eigenvalue weighted by Gasteiger charge is 2.22. The molecule has 1 aromatic heterocycles. The smallest absolute Gasteiger partial charge is 0.264 e. The van der Waals surface area contributed by atoms with E-state index in [9.17, 15) is 14.0 Å². The molecule has 2 aromatic rings. The molecule has 0 saturated carbocycles. The maximum Gasteiger partial charge on any atom is 0.264 e. The van der Waals surface area contributed by atoms with Gasteiger partial charge in [0.1, 0.15) is 5.82 Å². The van der Waals surface area contributed by atoms with Crippen molar-refractivity contribution >= 4 is 39.8 Å². The summed E-state index contributed by atoms with van der Waals surface area (Å²) < 4.78 is 13.1. The number of nitrogens with zero attached hydrogens (tertiary/aromatic N) is 1. The maximum absolute atomic E-state index is 13.1. The zero-order valence-corrected chi connectivity index (χ0v) is 15.7. The van der Waals surface area contributed by atoms with Crippen LogP contribution in [-0.2, 0) is 0 Å². The molecule has 5 nitrogen and oxygen atoms in total. The molecule has 2 rings (SSSR count). The van der Waals surface area contributed by atoms with Gasteiger partial charge in [-0.25, -0.2) is 4.39 Å². The van der Waals surface area contributed by atoms with Crippen molar-refractivity contribution in [1.82, 2.24) is 4.90 Å². The van der Waals surface area contributed by atoms with Crippen LogP contribution in [0.3, 0.4) is 0 Å². The van der Waals surface area contributed by atoms with Crippen LogP contribution in [0.5, 0.6) is 0 Å². The molecule has 2 amide bonds. The van der Waals surface area contributed by atoms with Gasteiger partial charge in [-0.15, -0.1) is 11.3 Å². The quantitative estimate of drug-likeness (QED) is 0.829. The monoisotopic (exact) mass is 383 g/mol. The molecule has 0 radical (unpaired) electrons. The van der Waals surface area contributed by atoms with Crippen molar-refractivity contribution in [1.29, 1.82) is 0 Å². The molecule has 8 heteroatoms. The fourth-order valence-corrected chi connectivity index (χ4v) is 3.43. The molecule has 1 aromatic carbocycles. The van der Waals surface area contributed by atoms with Crippen molar-refractivity contribution in [3.63, 3.8) is 0 Å². The SMILES string of the molecule is Cc1cc(NC(=O)c2ccc(F)cc2Cl)sc1C(=O)N(C)C(C)CN. The number of aryl methyl sites for hydroxylation is 1. The van der Waals surface area contributed by atoms with Gasteiger partial charge in [0.25, 0.3) is 11.8 Å². The van der Waals surface area contributed by atoms with Gasteiger partial charge in [-0.2, -0.15) is 0 Å². The lowest BCUT2D eigenvalue weighted by Gasteiger charge is -2.23. The van der Waals surface area contributed by atoms with Crippen molar-refractivity contribution in [3.05, 3.63) is 51.1 Å². The van der Waals surface area contributed by atoms with Gasteiger partial charge in [0.05, 0.1) is 20.5 Å². The van der Waals surface area contributed by atoms with Gasteiger partial charge in [-0.05, 0) is 43.7 Å². The molecule has 1 atom stereocenters. The van der Waals surface area contributed by atoms with E-state index in [1.807, 2.05) is 6.92 Å². The molecular weight excluding hydrogens is 365 g/mol. The number of carbonyl (C=O) groups is 2. The summed E-state index contributed by atoms with van der Waals surface area (Å²) in [6, 6.07) is 5.18. The van der Waals surface area contributed by atoms with E-state index in [-0.39, 0.29) is 22.5 Å². The highest BCUT2D eigenvalue weighted by Crippen LogP contribution is 2.29. The second kappa shape index (κ2) is 7.95. The predicted octanol–water partition coefficient (Wildman–Crippen LogP) is 3.52. The van der Waals surface area contributed by atoms with E-state index >= 15 is 0 Å². The van der Waals surface area contributed by atoms with Crippen molar-refractivity contribution < 1.29 is 14.0 Å². The van der Waals surface area contributed by atoms with Crippen LogP contribution in [0.1, 0.15) is 32.5 Å². The van der Waals surface area contributed by atoms with E-state index in [1.54, 1.807) is 24.9 Å². The summed E-state index contributed by atoms with van der Waals surface area (Å²) in [5.74, 6) is -1.13. The molecule has 0 fully saturated rings. The van der Waals surface area contributed by atoms with Gasteiger partial charge < -0.3 is 16.0 Å². The number of rotatable bonds is 5. The lowest BCUT2D eigenvalue weighted by molar-refractivity contribution is 0.0752. The number of carbonyl (C=O) groups excluding carboxylic acids is 2. The van der Waals surface area contributed by atoms with Crippen LogP contribution in [0.2, 0.25) is 5.02 Å². The third-order valence-corrected chi connectivity index (χ3v) is 5.30. The Morgan fingerprint density at radius 3 is 2.68 bits per heavy atom. The van der Waals surface area contributed by atoms with Crippen molar-refractivity contribution in [2.75, 3.05) is 18.9 Å².